The molecule has 1 aromatic carbocycles. The third-order valence-electron chi connectivity index (χ3n) is 3.82. The quantitative estimate of drug-likeness (QED) is 0.726. The predicted molar refractivity (Wildman–Crippen MR) is 74.4 cm³/mol. The first-order chi connectivity index (χ1) is 8.92. The highest BCUT2D eigenvalue weighted by molar-refractivity contribution is 6.19. The van der Waals surface area contributed by atoms with Crippen molar-refractivity contribution in [3.8, 4) is 0 Å². The molecule has 0 saturated heterocycles. The summed E-state index contributed by atoms with van der Waals surface area (Å²) < 4.78 is 5.64. The molecule has 2 aliphatic rings. The fourth-order valence-corrected chi connectivity index (χ4v) is 3.02. The Morgan fingerprint density at radius 1 is 1.32 bits per heavy atom. The van der Waals surface area contributed by atoms with Crippen molar-refractivity contribution in [2.24, 2.45) is 10.4 Å². The van der Waals surface area contributed by atoms with Gasteiger partial charge < -0.3 is 4.74 Å². The molecule has 0 spiro atoms. The van der Waals surface area contributed by atoms with E-state index in [1.165, 1.54) is 5.56 Å². The molecule has 0 amide bonds. The molecule has 3 nitrogen and oxygen atoms in total. The summed E-state index contributed by atoms with van der Waals surface area (Å²) in [5, 5.41) is 0. The van der Waals surface area contributed by atoms with Crippen LogP contribution in [0.5, 0.6) is 0 Å². The number of esters is 1. The van der Waals surface area contributed by atoms with Crippen LogP contribution < -0.4 is 0 Å². The van der Waals surface area contributed by atoms with Crippen LogP contribution in [0.3, 0.4) is 0 Å². The van der Waals surface area contributed by atoms with Crippen molar-refractivity contribution in [2.75, 3.05) is 6.54 Å². The van der Waals surface area contributed by atoms with Gasteiger partial charge in [-0.15, -0.1) is 0 Å². The number of carbonyl (C=O) groups is 1. The largest absolute Gasteiger partial charge is 0.459 e. The molecule has 0 unspecified atom stereocenters. The van der Waals surface area contributed by atoms with Gasteiger partial charge in [-0.25, -0.2) is 0 Å². The average molecular weight is 257 g/mol. The number of rotatable bonds is 1. The van der Waals surface area contributed by atoms with Gasteiger partial charge in [-0.3, -0.25) is 9.79 Å². The van der Waals surface area contributed by atoms with E-state index >= 15 is 0 Å². The lowest BCUT2D eigenvalue weighted by Gasteiger charge is -2.28. The molecule has 0 bridgehead atoms. The molecule has 1 aromatic rings. The van der Waals surface area contributed by atoms with Gasteiger partial charge in [0.25, 0.3) is 0 Å². The Kier molecular flexibility index (Phi) is 2.56. The fraction of sp³-hybridized carbons (Fsp3) is 0.500. The van der Waals surface area contributed by atoms with Crippen LogP contribution in [0.2, 0.25) is 0 Å². The number of hydrogen-bond donors (Lipinski definition) is 0. The second-order valence-electron chi connectivity index (χ2n) is 6.40. The first-order valence-corrected chi connectivity index (χ1v) is 6.79. The zero-order valence-electron chi connectivity index (χ0n) is 11.7. The molecular weight excluding hydrogens is 238 g/mol. The van der Waals surface area contributed by atoms with Gasteiger partial charge in [-0.1, -0.05) is 24.3 Å². The first-order valence-electron chi connectivity index (χ1n) is 6.79. The highest BCUT2D eigenvalue weighted by Crippen LogP contribution is 2.45. The zero-order valence-corrected chi connectivity index (χ0v) is 11.7. The van der Waals surface area contributed by atoms with Crippen molar-refractivity contribution in [1.29, 1.82) is 0 Å². The fourth-order valence-electron chi connectivity index (χ4n) is 3.02. The second kappa shape index (κ2) is 3.92. The molecule has 1 aliphatic heterocycles. The Labute approximate surface area is 113 Å². The number of ether oxygens (including phenoxy) is 1. The molecule has 100 valence electrons. The molecular formula is C16H19NO2. The van der Waals surface area contributed by atoms with E-state index in [9.17, 15) is 4.79 Å². The van der Waals surface area contributed by atoms with E-state index in [-0.39, 0.29) is 5.97 Å². The molecule has 0 radical (unpaired) electrons. The summed E-state index contributed by atoms with van der Waals surface area (Å²) in [6.45, 7) is 6.46. The summed E-state index contributed by atoms with van der Waals surface area (Å²) in [7, 11) is 0. The van der Waals surface area contributed by atoms with Crippen molar-refractivity contribution in [3.05, 3.63) is 35.4 Å². The molecule has 19 heavy (non-hydrogen) atoms. The number of fused-ring (bicyclic) bond motifs is 3. The van der Waals surface area contributed by atoms with Crippen LogP contribution in [0.1, 0.15) is 38.3 Å². The summed E-state index contributed by atoms with van der Waals surface area (Å²) in [6.07, 6.45) is 1.50. The molecule has 0 N–H and O–H groups in total. The van der Waals surface area contributed by atoms with Crippen LogP contribution in [0.25, 0.3) is 0 Å². The minimum absolute atomic E-state index is 0.118. The molecule has 0 saturated carbocycles. The third kappa shape index (κ3) is 1.88. The molecule has 1 heterocycles. The van der Waals surface area contributed by atoms with Gasteiger partial charge >= 0.3 is 5.97 Å². The van der Waals surface area contributed by atoms with E-state index in [0.717, 1.165) is 30.7 Å². The van der Waals surface area contributed by atoms with Gasteiger partial charge in [0.1, 0.15) is 11.0 Å². The van der Waals surface area contributed by atoms with E-state index in [2.05, 4.69) is 17.1 Å². The maximum atomic E-state index is 12.6. The van der Waals surface area contributed by atoms with E-state index in [1.54, 1.807) is 0 Å². The van der Waals surface area contributed by atoms with E-state index in [1.807, 2.05) is 32.9 Å². The Morgan fingerprint density at radius 3 is 2.79 bits per heavy atom. The number of benzene rings is 1. The Hall–Kier alpha value is -1.64. The van der Waals surface area contributed by atoms with Crippen LogP contribution in [0.4, 0.5) is 0 Å². The van der Waals surface area contributed by atoms with Gasteiger partial charge in [0.15, 0.2) is 0 Å². The Morgan fingerprint density at radius 2 is 2.05 bits per heavy atom. The normalized spacial score (nSPS) is 24.7. The lowest BCUT2D eigenvalue weighted by molar-refractivity contribution is -0.163. The molecule has 1 aliphatic carbocycles. The molecule has 0 fully saturated rings. The summed E-state index contributed by atoms with van der Waals surface area (Å²) in [5.41, 5.74) is 2.31. The monoisotopic (exact) mass is 257 g/mol. The van der Waals surface area contributed by atoms with E-state index < -0.39 is 11.0 Å². The number of carbonyl (C=O) groups excluding carboxylic acids is 1. The van der Waals surface area contributed by atoms with Crippen LogP contribution >= 0.6 is 0 Å². The maximum Gasteiger partial charge on any atom is 0.319 e. The lowest BCUT2D eigenvalue weighted by atomic mass is 9.81. The van der Waals surface area contributed by atoms with Gasteiger partial charge in [0, 0.05) is 6.54 Å². The van der Waals surface area contributed by atoms with Crippen LogP contribution in [-0.2, 0) is 16.0 Å². The van der Waals surface area contributed by atoms with Gasteiger partial charge in [0.05, 0.1) is 5.71 Å². The van der Waals surface area contributed by atoms with Crippen molar-refractivity contribution >= 4 is 11.7 Å². The Bertz CT molecular complexity index is 568. The summed E-state index contributed by atoms with van der Waals surface area (Å²) in [5.74, 6) is -0.118. The van der Waals surface area contributed by atoms with Crippen LogP contribution in [0.15, 0.2) is 29.3 Å². The van der Waals surface area contributed by atoms with Gasteiger partial charge in [0.2, 0.25) is 0 Å². The van der Waals surface area contributed by atoms with Crippen molar-refractivity contribution in [3.63, 3.8) is 0 Å². The zero-order chi connectivity index (χ0) is 13.7. The molecule has 0 aromatic heterocycles. The van der Waals surface area contributed by atoms with E-state index in [4.69, 9.17) is 4.74 Å². The minimum Gasteiger partial charge on any atom is -0.459 e. The van der Waals surface area contributed by atoms with Crippen molar-refractivity contribution in [1.82, 2.24) is 0 Å². The number of nitrogens with zero attached hydrogens (tertiary/aromatic N) is 1. The van der Waals surface area contributed by atoms with Crippen molar-refractivity contribution in [2.45, 2.75) is 39.2 Å². The molecule has 1 atom stereocenters. The highest BCUT2D eigenvalue weighted by atomic mass is 16.6. The Balaban J connectivity index is 1.99. The predicted octanol–water partition coefficient (Wildman–Crippen LogP) is 2.76. The number of hydrogen-bond acceptors (Lipinski definition) is 3. The summed E-state index contributed by atoms with van der Waals surface area (Å²) >= 11 is 0. The SMILES string of the molecule is CC(C)(C)OC(=O)[C@]12CCN=C1c1ccccc1C2. The standard InChI is InChI=1S/C16H19NO2/c1-15(2,3)19-14(18)16-8-9-17-13(16)12-7-5-4-6-11(12)10-16/h4-7H,8-10H2,1-3H3/t16-/m0/s1. The van der Waals surface area contributed by atoms with Gasteiger partial charge in [-0.05, 0) is 44.7 Å². The number of aliphatic imine (C=N–C) groups is 1. The van der Waals surface area contributed by atoms with Crippen molar-refractivity contribution < 1.29 is 9.53 Å². The highest BCUT2D eigenvalue weighted by Gasteiger charge is 2.53. The molecule has 3 heteroatoms. The molecule has 3 rings (SSSR count). The summed E-state index contributed by atoms with van der Waals surface area (Å²) in [4.78, 5) is 17.2. The lowest BCUT2D eigenvalue weighted by Crippen LogP contribution is -2.40. The minimum atomic E-state index is -0.531. The van der Waals surface area contributed by atoms with E-state index in [0.29, 0.717) is 0 Å². The first kappa shape index (κ1) is 12.4. The summed E-state index contributed by atoms with van der Waals surface area (Å²) in [6, 6.07) is 8.17. The smallest absolute Gasteiger partial charge is 0.319 e. The average Bonchev–Trinajstić information content (AvgIpc) is 2.83. The van der Waals surface area contributed by atoms with Crippen LogP contribution in [0, 0.1) is 5.41 Å². The van der Waals surface area contributed by atoms with Crippen LogP contribution in [-0.4, -0.2) is 23.8 Å². The maximum absolute atomic E-state index is 12.6. The topological polar surface area (TPSA) is 38.7 Å². The third-order valence-corrected chi connectivity index (χ3v) is 3.82. The van der Waals surface area contributed by atoms with Gasteiger partial charge in [-0.2, -0.15) is 0 Å². The second-order valence-corrected chi connectivity index (χ2v) is 6.40.